The monoisotopic (exact) mass is 470 g/mol. The number of hydrogen-bond acceptors (Lipinski definition) is 4. The molecule has 178 valence electrons. The van der Waals surface area contributed by atoms with E-state index >= 15 is 0 Å². The van der Waals surface area contributed by atoms with Gasteiger partial charge in [0.05, 0.1) is 6.42 Å². The van der Waals surface area contributed by atoms with Gasteiger partial charge in [-0.05, 0) is 46.2 Å². The molecule has 3 aromatic rings. The fraction of sp³-hybridized carbons (Fsp3) is 0.250. The molecule has 0 bridgehead atoms. The van der Waals surface area contributed by atoms with E-state index in [1.165, 1.54) is 11.1 Å². The predicted octanol–water partition coefficient (Wildman–Crippen LogP) is 4.43. The molecule has 3 N–H and O–H groups in total. The first-order valence-corrected chi connectivity index (χ1v) is 11.7. The third-order valence-electron chi connectivity index (χ3n) is 6.73. The Labute approximate surface area is 203 Å². The van der Waals surface area contributed by atoms with E-state index in [0.29, 0.717) is 24.2 Å². The van der Waals surface area contributed by atoms with E-state index in [4.69, 9.17) is 9.84 Å². The van der Waals surface area contributed by atoms with Gasteiger partial charge in [0, 0.05) is 24.1 Å². The number of nitrogens with one attached hydrogen (secondary N) is 2. The highest BCUT2D eigenvalue weighted by molar-refractivity contribution is 5.95. The van der Waals surface area contributed by atoms with Crippen molar-refractivity contribution in [1.29, 1.82) is 0 Å². The van der Waals surface area contributed by atoms with Crippen LogP contribution >= 0.6 is 0 Å². The quantitative estimate of drug-likeness (QED) is 0.452. The van der Waals surface area contributed by atoms with Crippen molar-refractivity contribution in [2.45, 2.75) is 18.8 Å². The molecule has 0 saturated heterocycles. The average Bonchev–Trinajstić information content (AvgIpc) is 3.57. The molecule has 7 nitrogen and oxygen atoms in total. The van der Waals surface area contributed by atoms with Crippen LogP contribution in [0.15, 0.2) is 72.8 Å². The lowest BCUT2D eigenvalue weighted by Gasteiger charge is -2.14. The number of amides is 2. The molecule has 5 rings (SSSR count). The molecule has 2 aliphatic rings. The molecule has 2 atom stereocenters. The van der Waals surface area contributed by atoms with Crippen molar-refractivity contribution in [2.24, 2.45) is 11.8 Å². The Kier molecular flexibility index (Phi) is 6.23. The van der Waals surface area contributed by atoms with Crippen molar-refractivity contribution in [3.63, 3.8) is 0 Å². The molecule has 0 aromatic heterocycles. The Hall–Kier alpha value is -4.13. The standard InChI is InChI=1S/C28H26N2O5/c31-26(32)14-17-7-1-6-12-25(17)30-27(33)23-13-18(23)15-29-28(34)35-16-24-21-10-4-2-8-19(21)20-9-3-5-11-22(20)24/h1-12,18,23-24H,13-16H2,(H,29,34)(H,30,33)(H,31,32). The van der Waals surface area contributed by atoms with E-state index in [2.05, 4.69) is 34.9 Å². The maximum Gasteiger partial charge on any atom is 0.407 e. The van der Waals surface area contributed by atoms with Crippen LogP contribution < -0.4 is 10.6 Å². The summed E-state index contributed by atoms with van der Waals surface area (Å²) in [4.78, 5) is 36.0. The molecule has 0 aliphatic heterocycles. The molecule has 2 amide bonds. The molecular weight excluding hydrogens is 444 g/mol. The van der Waals surface area contributed by atoms with Gasteiger partial charge in [0.15, 0.2) is 0 Å². The minimum absolute atomic E-state index is 0.00141. The summed E-state index contributed by atoms with van der Waals surface area (Å²) < 4.78 is 5.56. The third-order valence-corrected chi connectivity index (χ3v) is 6.73. The van der Waals surface area contributed by atoms with Crippen LogP contribution in [0.2, 0.25) is 0 Å². The number of carboxylic acids is 1. The van der Waals surface area contributed by atoms with Crippen LogP contribution in [0.4, 0.5) is 10.5 Å². The fourth-order valence-corrected chi connectivity index (χ4v) is 4.84. The molecule has 1 saturated carbocycles. The number of carbonyl (C=O) groups is 3. The average molecular weight is 471 g/mol. The zero-order valence-corrected chi connectivity index (χ0v) is 19.1. The molecule has 35 heavy (non-hydrogen) atoms. The van der Waals surface area contributed by atoms with Crippen LogP contribution in [0, 0.1) is 11.8 Å². The Balaban J connectivity index is 1.11. The van der Waals surface area contributed by atoms with E-state index in [9.17, 15) is 14.4 Å². The van der Waals surface area contributed by atoms with Gasteiger partial charge in [0.1, 0.15) is 6.61 Å². The van der Waals surface area contributed by atoms with Crippen LogP contribution in [0.3, 0.4) is 0 Å². The van der Waals surface area contributed by atoms with Crippen molar-refractivity contribution in [3.05, 3.63) is 89.5 Å². The minimum Gasteiger partial charge on any atom is -0.481 e. The highest BCUT2D eigenvalue weighted by atomic mass is 16.5. The second kappa shape index (κ2) is 9.62. The third kappa shape index (κ3) is 4.89. The Bertz CT molecular complexity index is 1240. The lowest BCUT2D eigenvalue weighted by Crippen LogP contribution is -2.29. The van der Waals surface area contributed by atoms with Gasteiger partial charge in [0.25, 0.3) is 0 Å². The van der Waals surface area contributed by atoms with E-state index in [1.54, 1.807) is 24.3 Å². The molecule has 7 heteroatoms. The Morgan fingerprint density at radius 2 is 1.51 bits per heavy atom. The van der Waals surface area contributed by atoms with Gasteiger partial charge < -0.3 is 20.5 Å². The van der Waals surface area contributed by atoms with Crippen LogP contribution in [0.5, 0.6) is 0 Å². The number of anilines is 1. The highest BCUT2D eigenvalue weighted by Gasteiger charge is 2.43. The van der Waals surface area contributed by atoms with E-state index in [0.717, 1.165) is 11.1 Å². The summed E-state index contributed by atoms with van der Waals surface area (Å²) in [6.45, 7) is 0.598. The summed E-state index contributed by atoms with van der Waals surface area (Å²) in [7, 11) is 0. The van der Waals surface area contributed by atoms with Crippen molar-refractivity contribution < 1.29 is 24.2 Å². The molecule has 2 aliphatic carbocycles. The second-order valence-electron chi connectivity index (χ2n) is 9.03. The maximum absolute atomic E-state index is 12.6. The first kappa shape index (κ1) is 22.7. The van der Waals surface area contributed by atoms with Gasteiger partial charge in [-0.15, -0.1) is 0 Å². The van der Waals surface area contributed by atoms with Gasteiger partial charge in [-0.1, -0.05) is 66.7 Å². The summed E-state index contributed by atoms with van der Waals surface area (Å²) in [5, 5.41) is 14.7. The van der Waals surface area contributed by atoms with Gasteiger partial charge in [0.2, 0.25) is 5.91 Å². The summed E-state index contributed by atoms with van der Waals surface area (Å²) in [5.74, 6) is -1.31. The highest BCUT2D eigenvalue weighted by Crippen LogP contribution is 2.44. The lowest BCUT2D eigenvalue weighted by atomic mass is 9.98. The first-order chi connectivity index (χ1) is 17.0. The van der Waals surface area contributed by atoms with Crippen molar-refractivity contribution in [3.8, 4) is 11.1 Å². The van der Waals surface area contributed by atoms with Gasteiger partial charge in [-0.25, -0.2) is 4.79 Å². The first-order valence-electron chi connectivity index (χ1n) is 11.7. The number of fused-ring (bicyclic) bond motifs is 3. The summed E-state index contributed by atoms with van der Waals surface area (Å²) in [6, 6.07) is 23.2. The molecule has 2 unspecified atom stereocenters. The van der Waals surface area contributed by atoms with Gasteiger partial charge in [-0.3, -0.25) is 9.59 Å². The van der Waals surface area contributed by atoms with Crippen molar-refractivity contribution in [2.75, 3.05) is 18.5 Å². The summed E-state index contributed by atoms with van der Waals surface area (Å²) in [5.41, 5.74) is 5.73. The van der Waals surface area contributed by atoms with Crippen LogP contribution in [0.25, 0.3) is 11.1 Å². The normalized spacial score (nSPS) is 17.7. The number of ether oxygens (including phenoxy) is 1. The van der Waals surface area contributed by atoms with E-state index < -0.39 is 12.1 Å². The van der Waals surface area contributed by atoms with Gasteiger partial charge >= 0.3 is 12.1 Å². The van der Waals surface area contributed by atoms with Gasteiger partial charge in [-0.2, -0.15) is 0 Å². The number of carboxylic acid groups (broad SMARTS) is 1. The van der Waals surface area contributed by atoms with E-state index in [-0.39, 0.29) is 36.7 Å². The maximum atomic E-state index is 12.6. The number of alkyl carbamates (subject to hydrolysis) is 1. The molecule has 0 spiro atoms. The Morgan fingerprint density at radius 3 is 2.20 bits per heavy atom. The predicted molar refractivity (Wildman–Crippen MR) is 131 cm³/mol. The number of aliphatic carboxylic acids is 1. The number of carbonyl (C=O) groups excluding carboxylic acids is 2. The zero-order chi connectivity index (χ0) is 24.4. The molecule has 0 heterocycles. The number of para-hydroxylation sites is 1. The number of rotatable bonds is 8. The minimum atomic E-state index is -0.955. The zero-order valence-electron chi connectivity index (χ0n) is 19.1. The lowest BCUT2D eigenvalue weighted by molar-refractivity contribution is -0.136. The SMILES string of the molecule is O=C(O)Cc1ccccc1NC(=O)C1CC1CNC(=O)OCC1c2ccccc2-c2ccccc21. The number of hydrogen-bond donors (Lipinski definition) is 3. The summed E-state index contributed by atoms with van der Waals surface area (Å²) >= 11 is 0. The molecular formula is C28H26N2O5. The largest absolute Gasteiger partial charge is 0.481 e. The topological polar surface area (TPSA) is 105 Å². The van der Waals surface area contributed by atoms with E-state index in [1.807, 2.05) is 24.3 Å². The van der Waals surface area contributed by atoms with Crippen LogP contribution in [-0.4, -0.2) is 36.2 Å². The fourth-order valence-electron chi connectivity index (χ4n) is 4.84. The molecule has 0 radical (unpaired) electrons. The van der Waals surface area contributed by atoms with Crippen molar-refractivity contribution >= 4 is 23.7 Å². The van der Waals surface area contributed by atoms with Crippen LogP contribution in [-0.2, 0) is 20.7 Å². The number of benzene rings is 3. The summed E-state index contributed by atoms with van der Waals surface area (Å²) in [6.07, 6.45) is 0.00881. The van der Waals surface area contributed by atoms with Crippen molar-refractivity contribution in [1.82, 2.24) is 5.32 Å². The Morgan fingerprint density at radius 1 is 0.886 bits per heavy atom. The smallest absolute Gasteiger partial charge is 0.407 e. The molecule has 3 aromatic carbocycles. The van der Waals surface area contributed by atoms with Crippen LogP contribution in [0.1, 0.15) is 29.0 Å². The second-order valence-corrected chi connectivity index (χ2v) is 9.03. The molecule has 1 fully saturated rings.